The maximum Gasteiger partial charge on any atom is 0.245 e. The molecule has 1 saturated heterocycles. The van der Waals surface area contributed by atoms with Gasteiger partial charge < -0.3 is 29.9 Å². The normalized spacial score (nSPS) is 19.1. The van der Waals surface area contributed by atoms with Crippen molar-refractivity contribution in [1.82, 2.24) is 25.3 Å². The lowest BCUT2D eigenvalue weighted by molar-refractivity contribution is -0.148. The number of nitrogens with one attached hydrogen (secondary N) is 2. The second kappa shape index (κ2) is 20.7. The number of hydrogen-bond acceptors (Lipinski definition) is 7. The van der Waals surface area contributed by atoms with Crippen molar-refractivity contribution in [3.63, 3.8) is 0 Å². The Morgan fingerprint density at radius 2 is 1.56 bits per heavy atom. The van der Waals surface area contributed by atoms with Gasteiger partial charge in [-0.15, -0.1) is 0 Å². The zero-order chi connectivity index (χ0) is 37.7. The molecule has 1 fully saturated rings. The topological polar surface area (TPSA) is 121 Å². The average Bonchev–Trinajstić information content (AvgIpc) is 3.56. The molecule has 1 aromatic carbocycles. The van der Waals surface area contributed by atoms with Gasteiger partial charge in [-0.25, -0.2) is 0 Å². The SMILES string of the molecule is CC[C@H](C)[C@@H]([C@@H](CC(=O)N1CCC[C@H]1C(OC)[C@@H](C)C(=O)NCCc1ccccc1)OC)N(C)C(=O)[C@@H](NC(=O)[C@H](C(C)C)N(C)C)C(C)C. The van der Waals surface area contributed by atoms with Crippen LogP contribution >= 0.6 is 0 Å². The largest absolute Gasteiger partial charge is 0.379 e. The monoisotopic (exact) mass is 702 g/mol. The fourth-order valence-electron chi connectivity index (χ4n) is 7.55. The first-order chi connectivity index (χ1) is 23.6. The molecule has 1 aliphatic rings. The van der Waals surface area contributed by atoms with Gasteiger partial charge in [0.05, 0.1) is 42.7 Å². The Balaban J connectivity index is 2.21. The van der Waals surface area contributed by atoms with Crippen LogP contribution in [0.25, 0.3) is 0 Å². The van der Waals surface area contributed by atoms with E-state index >= 15 is 0 Å². The van der Waals surface area contributed by atoms with E-state index in [4.69, 9.17) is 9.47 Å². The van der Waals surface area contributed by atoms with Crippen LogP contribution in [-0.4, -0.2) is 123 Å². The number of nitrogens with zero attached hydrogens (tertiary/aromatic N) is 3. The Hall–Kier alpha value is -3.02. The van der Waals surface area contributed by atoms with Crippen molar-refractivity contribution in [3.05, 3.63) is 35.9 Å². The summed E-state index contributed by atoms with van der Waals surface area (Å²) in [5, 5.41) is 6.09. The van der Waals surface area contributed by atoms with Crippen molar-refractivity contribution in [2.75, 3.05) is 48.5 Å². The lowest BCUT2D eigenvalue weighted by Gasteiger charge is -2.41. The number of likely N-dealkylation sites (N-methyl/N-ethyl adjacent to an activating group) is 2. The molecule has 8 atom stereocenters. The molecular formula is C39H67N5O6. The van der Waals surface area contributed by atoms with E-state index in [1.165, 1.54) is 0 Å². The maximum atomic E-state index is 14.2. The smallest absolute Gasteiger partial charge is 0.245 e. The maximum absolute atomic E-state index is 14.2. The lowest BCUT2D eigenvalue weighted by Crippen LogP contribution is -2.59. The number of carbonyl (C=O) groups is 4. The summed E-state index contributed by atoms with van der Waals surface area (Å²) in [7, 11) is 8.66. The molecule has 1 aromatic rings. The van der Waals surface area contributed by atoms with Crippen LogP contribution in [0.15, 0.2) is 30.3 Å². The van der Waals surface area contributed by atoms with Crippen LogP contribution in [0, 0.1) is 23.7 Å². The van der Waals surface area contributed by atoms with Crippen molar-refractivity contribution in [2.24, 2.45) is 23.7 Å². The second-order valence-electron chi connectivity index (χ2n) is 15.0. The number of methoxy groups -OCH3 is 2. The molecule has 50 heavy (non-hydrogen) atoms. The third-order valence-electron chi connectivity index (χ3n) is 10.5. The van der Waals surface area contributed by atoms with Gasteiger partial charge in [0.1, 0.15) is 6.04 Å². The number of amides is 4. The summed E-state index contributed by atoms with van der Waals surface area (Å²) < 4.78 is 11.9. The summed E-state index contributed by atoms with van der Waals surface area (Å²) in [6, 6.07) is 8.23. The van der Waals surface area contributed by atoms with E-state index < -0.39 is 30.2 Å². The first-order valence-corrected chi connectivity index (χ1v) is 18.5. The van der Waals surface area contributed by atoms with Crippen LogP contribution in [0.2, 0.25) is 0 Å². The molecule has 0 spiro atoms. The first-order valence-electron chi connectivity index (χ1n) is 18.5. The highest BCUT2D eigenvalue weighted by atomic mass is 16.5. The predicted molar refractivity (Wildman–Crippen MR) is 198 cm³/mol. The summed E-state index contributed by atoms with van der Waals surface area (Å²) in [6.45, 7) is 14.9. The molecule has 0 aliphatic carbocycles. The standard InChI is InChI=1S/C39H67N5O6/c1-13-27(6)35(43(10)39(48)33(25(2)3)41-38(47)34(26(4)5)42(8)9)31(49-11)24-32(45)44-23-17-20-30(44)36(50-12)28(7)37(46)40-22-21-29-18-15-14-16-19-29/h14-16,18-19,25-28,30-31,33-36H,13,17,20-24H2,1-12H3,(H,40,46)(H,41,47)/t27-,28+,30-,31+,33-,34-,35-,36?/m0/s1. The van der Waals surface area contributed by atoms with Gasteiger partial charge in [0, 0.05) is 34.4 Å². The second-order valence-corrected chi connectivity index (χ2v) is 15.0. The van der Waals surface area contributed by atoms with E-state index in [1.807, 2.05) is 88.8 Å². The molecular weight excluding hydrogens is 634 g/mol. The molecule has 0 saturated carbocycles. The third-order valence-corrected chi connectivity index (χ3v) is 10.5. The average molecular weight is 702 g/mol. The van der Waals surface area contributed by atoms with Crippen LogP contribution in [0.3, 0.4) is 0 Å². The van der Waals surface area contributed by atoms with E-state index in [0.29, 0.717) is 13.1 Å². The van der Waals surface area contributed by atoms with Crippen LogP contribution in [-0.2, 0) is 35.1 Å². The molecule has 11 nitrogen and oxygen atoms in total. The fraction of sp³-hybridized carbons (Fsp3) is 0.744. The summed E-state index contributed by atoms with van der Waals surface area (Å²) in [5.74, 6) is -1.13. The Kier molecular flexibility index (Phi) is 17.9. The van der Waals surface area contributed by atoms with E-state index in [1.54, 1.807) is 26.2 Å². The Labute approximate surface area is 302 Å². The Bertz CT molecular complexity index is 1200. The molecule has 11 heteroatoms. The first kappa shape index (κ1) is 43.1. The summed E-state index contributed by atoms with van der Waals surface area (Å²) in [5.41, 5.74) is 1.15. The van der Waals surface area contributed by atoms with Gasteiger partial charge in [0.15, 0.2) is 0 Å². The van der Waals surface area contributed by atoms with Crippen molar-refractivity contribution in [2.45, 2.75) is 117 Å². The van der Waals surface area contributed by atoms with Crippen molar-refractivity contribution in [1.29, 1.82) is 0 Å². The van der Waals surface area contributed by atoms with E-state index in [0.717, 1.165) is 31.2 Å². The molecule has 2 rings (SSSR count). The van der Waals surface area contributed by atoms with Crippen LogP contribution in [0.1, 0.15) is 79.7 Å². The molecule has 0 aromatic heterocycles. The summed E-state index contributed by atoms with van der Waals surface area (Å²) in [6.07, 6.45) is 2.06. The quantitative estimate of drug-likeness (QED) is 0.211. The zero-order valence-corrected chi connectivity index (χ0v) is 32.9. The molecule has 0 bridgehead atoms. The minimum absolute atomic E-state index is 0.0103. The van der Waals surface area contributed by atoms with Crippen molar-refractivity contribution >= 4 is 23.6 Å². The summed E-state index contributed by atoms with van der Waals surface area (Å²) >= 11 is 0. The van der Waals surface area contributed by atoms with Gasteiger partial charge in [-0.2, -0.15) is 0 Å². The Morgan fingerprint density at radius 3 is 2.08 bits per heavy atom. The molecule has 284 valence electrons. The molecule has 0 radical (unpaired) electrons. The Morgan fingerprint density at radius 1 is 0.920 bits per heavy atom. The predicted octanol–water partition coefficient (Wildman–Crippen LogP) is 3.99. The highest BCUT2D eigenvalue weighted by Crippen LogP contribution is 2.29. The van der Waals surface area contributed by atoms with Crippen LogP contribution < -0.4 is 10.6 Å². The van der Waals surface area contributed by atoms with Crippen LogP contribution in [0.4, 0.5) is 0 Å². The minimum Gasteiger partial charge on any atom is -0.379 e. The van der Waals surface area contributed by atoms with E-state index in [9.17, 15) is 19.2 Å². The molecule has 4 amide bonds. The summed E-state index contributed by atoms with van der Waals surface area (Å²) in [4.78, 5) is 60.3. The third kappa shape index (κ3) is 11.5. The number of hydrogen-bond donors (Lipinski definition) is 2. The van der Waals surface area contributed by atoms with Gasteiger partial charge in [-0.05, 0) is 56.7 Å². The number of carbonyl (C=O) groups excluding carboxylic acids is 4. The molecule has 1 unspecified atom stereocenters. The van der Waals surface area contributed by atoms with Gasteiger partial charge in [-0.3, -0.25) is 24.1 Å². The molecule has 1 aliphatic heterocycles. The van der Waals surface area contributed by atoms with Gasteiger partial charge in [0.25, 0.3) is 0 Å². The minimum atomic E-state index is -0.737. The zero-order valence-electron chi connectivity index (χ0n) is 32.9. The fourth-order valence-corrected chi connectivity index (χ4v) is 7.55. The number of rotatable bonds is 20. The number of benzene rings is 1. The van der Waals surface area contributed by atoms with Gasteiger partial charge in [0.2, 0.25) is 23.6 Å². The van der Waals surface area contributed by atoms with E-state index in [2.05, 4.69) is 24.5 Å². The molecule has 2 N–H and O–H groups in total. The number of ether oxygens (including phenoxy) is 2. The highest BCUT2D eigenvalue weighted by molar-refractivity contribution is 5.90. The molecule has 1 heterocycles. The highest BCUT2D eigenvalue weighted by Gasteiger charge is 2.43. The van der Waals surface area contributed by atoms with E-state index in [-0.39, 0.29) is 59.9 Å². The van der Waals surface area contributed by atoms with Gasteiger partial charge in [-0.1, -0.05) is 85.2 Å². The number of likely N-dealkylation sites (tertiary alicyclic amines) is 1. The van der Waals surface area contributed by atoms with Crippen molar-refractivity contribution in [3.8, 4) is 0 Å². The lowest BCUT2D eigenvalue weighted by atomic mass is 9.89. The van der Waals surface area contributed by atoms with Gasteiger partial charge >= 0.3 is 0 Å². The van der Waals surface area contributed by atoms with Crippen molar-refractivity contribution < 1.29 is 28.7 Å². The van der Waals surface area contributed by atoms with Crippen LogP contribution in [0.5, 0.6) is 0 Å².